The number of nitrogens with zero attached hydrogens (tertiary/aromatic N) is 3. The third-order valence-corrected chi connectivity index (χ3v) is 4.54. The summed E-state index contributed by atoms with van der Waals surface area (Å²) in [5.74, 6) is 0.285. The minimum Gasteiger partial charge on any atom is -0.207 e. The zero-order valence-electron chi connectivity index (χ0n) is 9.38. The number of rotatable bonds is 4. The molecule has 0 saturated heterocycles. The van der Waals surface area contributed by atoms with Crippen LogP contribution in [0.4, 0.5) is 0 Å². The Morgan fingerprint density at radius 1 is 1.44 bits per heavy atom. The van der Waals surface area contributed by atoms with Crippen LogP contribution in [0.3, 0.4) is 0 Å². The van der Waals surface area contributed by atoms with Gasteiger partial charge in [-0.05, 0) is 30.7 Å². The molecule has 2 N–H and O–H groups in total. The molecular formula is C9H10BrN5O2S. The predicted molar refractivity (Wildman–Crippen MR) is 67.1 cm³/mol. The average molecular weight is 332 g/mol. The van der Waals surface area contributed by atoms with Crippen molar-refractivity contribution in [2.24, 2.45) is 0 Å². The smallest absolute Gasteiger partial charge is 0.207 e. The van der Waals surface area contributed by atoms with E-state index in [1.807, 2.05) is 6.92 Å². The highest BCUT2D eigenvalue weighted by atomic mass is 79.9. The van der Waals surface area contributed by atoms with Crippen LogP contribution in [-0.2, 0) is 16.6 Å². The number of hydrogen-bond donors (Lipinski definition) is 2. The van der Waals surface area contributed by atoms with Gasteiger partial charge in [-0.25, -0.2) is 13.1 Å². The van der Waals surface area contributed by atoms with Crippen molar-refractivity contribution in [3.05, 3.63) is 34.1 Å². The zero-order chi connectivity index (χ0) is 13.2. The molecule has 0 aliphatic carbocycles. The first-order valence-electron chi connectivity index (χ1n) is 4.97. The maximum atomic E-state index is 12.0. The Labute approximate surface area is 112 Å². The van der Waals surface area contributed by atoms with Gasteiger partial charge in [0.1, 0.15) is 0 Å². The molecule has 1 heterocycles. The first-order valence-corrected chi connectivity index (χ1v) is 7.25. The molecule has 1 aromatic carbocycles. The number of halogens is 1. The molecule has 0 saturated carbocycles. The van der Waals surface area contributed by atoms with Gasteiger partial charge < -0.3 is 0 Å². The molecule has 1 aromatic heterocycles. The van der Waals surface area contributed by atoms with E-state index in [1.54, 1.807) is 12.1 Å². The maximum absolute atomic E-state index is 12.0. The van der Waals surface area contributed by atoms with Gasteiger partial charge in [0, 0.05) is 4.47 Å². The molecule has 18 heavy (non-hydrogen) atoms. The van der Waals surface area contributed by atoms with Crippen molar-refractivity contribution >= 4 is 26.0 Å². The van der Waals surface area contributed by atoms with Crippen LogP contribution in [0.25, 0.3) is 0 Å². The SMILES string of the molecule is Cc1cc(S(=O)(=O)NCc2nn[nH]n2)ccc1Br. The molecular weight excluding hydrogens is 322 g/mol. The summed E-state index contributed by atoms with van der Waals surface area (Å²) >= 11 is 3.32. The molecule has 9 heteroatoms. The quantitative estimate of drug-likeness (QED) is 0.860. The van der Waals surface area contributed by atoms with Crippen molar-refractivity contribution in [2.45, 2.75) is 18.4 Å². The highest BCUT2D eigenvalue weighted by Gasteiger charge is 2.15. The largest absolute Gasteiger partial charge is 0.240 e. The van der Waals surface area contributed by atoms with Crippen molar-refractivity contribution in [1.82, 2.24) is 25.3 Å². The van der Waals surface area contributed by atoms with Crippen molar-refractivity contribution in [3.63, 3.8) is 0 Å². The van der Waals surface area contributed by atoms with Gasteiger partial charge in [-0.3, -0.25) is 0 Å². The third kappa shape index (κ3) is 2.92. The highest BCUT2D eigenvalue weighted by Crippen LogP contribution is 2.19. The summed E-state index contributed by atoms with van der Waals surface area (Å²) in [5.41, 5.74) is 0.845. The van der Waals surface area contributed by atoms with E-state index in [2.05, 4.69) is 41.3 Å². The number of hydrogen-bond acceptors (Lipinski definition) is 5. The molecule has 2 rings (SSSR count). The van der Waals surface area contributed by atoms with E-state index in [0.717, 1.165) is 10.0 Å². The monoisotopic (exact) mass is 331 g/mol. The van der Waals surface area contributed by atoms with Crippen LogP contribution in [0.1, 0.15) is 11.4 Å². The Kier molecular flexibility index (Phi) is 3.73. The Balaban J connectivity index is 2.17. The summed E-state index contributed by atoms with van der Waals surface area (Å²) in [4.78, 5) is 0.201. The molecule has 0 aliphatic heterocycles. The average Bonchev–Trinajstić information content (AvgIpc) is 2.83. The van der Waals surface area contributed by atoms with Gasteiger partial charge in [0.25, 0.3) is 0 Å². The van der Waals surface area contributed by atoms with E-state index < -0.39 is 10.0 Å². The van der Waals surface area contributed by atoms with Gasteiger partial charge >= 0.3 is 0 Å². The molecule has 0 bridgehead atoms. The number of aromatic nitrogens is 4. The van der Waals surface area contributed by atoms with E-state index in [1.165, 1.54) is 6.07 Å². The first kappa shape index (κ1) is 13.1. The minimum atomic E-state index is -3.57. The van der Waals surface area contributed by atoms with E-state index in [4.69, 9.17) is 0 Å². The second-order valence-electron chi connectivity index (χ2n) is 3.56. The maximum Gasteiger partial charge on any atom is 0.240 e. The number of sulfonamides is 1. The summed E-state index contributed by atoms with van der Waals surface area (Å²) in [7, 11) is -3.57. The molecule has 0 aliphatic rings. The van der Waals surface area contributed by atoms with Crippen LogP contribution in [0, 0.1) is 6.92 Å². The molecule has 0 amide bonds. The lowest BCUT2D eigenvalue weighted by Crippen LogP contribution is -2.24. The first-order chi connectivity index (χ1) is 8.49. The summed E-state index contributed by atoms with van der Waals surface area (Å²) in [6.07, 6.45) is 0. The normalized spacial score (nSPS) is 11.7. The van der Waals surface area contributed by atoms with Crippen molar-refractivity contribution < 1.29 is 8.42 Å². The van der Waals surface area contributed by atoms with E-state index in [0.29, 0.717) is 0 Å². The molecule has 0 atom stereocenters. The number of nitrogens with one attached hydrogen (secondary N) is 2. The van der Waals surface area contributed by atoms with Crippen molar-refractivity contribution in [1.29, 1.82) is 0 Å². The Hall–Kier alpha value is -1.32. The van der Waals surface area contributed by atoms with Crippen LogP contribution in [0.5, 0.6) is 0 Å². The summed E-state index contributed by atoms with van der Waals surface area (Å²) in [6, 6.07) is 4.80. The lowest BCUT2D eigenvalue weighted by Gasteiger charge is -2.06. The lowest BCUT2D eigenvalue weighted by molar-refractivity contribution is 0.579. The fraction of sp³-hybridized carbons (Fsp3) is 0.222. The van der Waals surface area contributed by atoms with E-state index >= 15 is 0 Å². The summed E-state index contributed by atoms with van der Waals surface area (Å²) in [5, 5.41) is 12.9. The third-order valence-electron chi connectivity index (χ3n) is 2.25. The Morgan fingerprint density at radius 2 is 2.22 bits per heavy atom. The second kappa shape index (κ2) is 5.12. The van der Waals surface area contributed by atoms with Gasteiger partial charge in [-0.15, -0.1) is 10.2 Å². The van der Waals surface area contributed by atoms with Gasteiger partial charge in [0.05, 0.1) is 11.4 Å². The number of tetrazole rings is 1. The Morgan fingerprint density at radius 3 is 2.83 bits per heavy atom. The van der Waals surface area contributed by atoms with Crippen LogP contribution < -0.4 is 4.72 Å². The molecule has 0 spiro atoms. The van der Waals surface area contributed by atoms with Gasteiger partial charge in [-0.2, -0.15) is 5.21 Å². The molecule has 7 nitrogen and oxygen atoms in total. The van der Waals surface area contributed by atoms with E-state index in [9.17, 15) is 8.42 Å². The highest BCUT2D eigenvalue weighted by molar-refractivity contribution is 9.10. The van der Waals surface area contributed by atoms with Crippen molar-refractivity contribution in [2.75, 3.05) is 0 Å². The van der Waals surface area contributed by atoms with Crippen LogP contribution in [-0.4, -0.2) is 29.0 Å². The van der Waals surface area contributed by atoms with Crippen molar-refractivity contribution in [3.8, 4) is 0 Å². The van der Waals surface area contributed by atoms with Gasteiger partial charge in [0.2, 0.25) is 10.0 Å². The number of H-pyrrole nitrogens is 1. The molecule has 0 fully saturated rings. The second-order valence-corrected chi connectivity index (χ2v) is 6.18. The molecule has 2 aromatic rings. The molecule has 96 valence electrons. The van der Waals surface area contributed by atoms with Crippen LogP contribution in [0.15, 0.2) is 27.6 Å². The number of aromatic amines is 1. The summed E-state index contributed by atoms with van der Waals surface area (Å²) < 4.78 is 27.2. The number of aryl methyl sites for hydroxylation is 1. The molecule has 0 radical (unpaired) electrons. The number of benzene rings is 1. The van der Waals surface area contributed by atoms with Crippen LogP contribution >= 0.6 is 15.9 Å². The minimum absolute atomic E-state index is 0.00601. The van der Waals surface area contributed by atoms with Crippen LogP contribution in [0.2, 0.25) is 0 Å². The predicted octanol–water partition coefficient (Wildman–Crippen LogP) is 0.749. The lowest BCUT2D eigenvalue weighted by atomic mass is 10.2. The van der Waals surface area contributed by atoms with Gasteiger partial charge in [0.15, 0.2) is 5.82 Å². The van der Waals surface area contributed by atoms with E-state index in [-0.39, 0.29) is 17.3 Å². The fourth-order valence-electron chi connectivity index (χ4n) is 1.28. The standard InChI is InChI=1S/C9H10BrN5O2S/c1-6-4-7(2-3-8(6)10)18(16,17)11-5-9-12-14-15-13-9/h2-4,11H,5H2,1H3,(H,12,13,14,15). The summed E-state index contributed by atoms with van der Waals surface area (Å²) in [6.45, 7) is 1.82. The fourth-order valence-corrected chi connectivity index (χ4v) is 2.60. The van der Waals surface area contributed by atoms with Gasteiger partial charge in [-0.1, -0.05) is 21.1 Å². The Bertz CT molecular complexity index is 641. The topological polar surface area (TPSA) is 101 Å². The molecule has 0 unspecified atom stereocenters. The zero-order valence-corrected chi connectivity index (χ0v) is 11.8.